The summed E-state index contributed by atoms with van der Waals surface area (Å²) in [6, 6.07) is 11.8. The molecular weight excluding hydrogens is 340 g/mol. The van der Waals surface area contributed by atoms with Crippen LogP contribution in [-0.2, 0) is 4.74 Å². The van der Waals surface area contributed by atoms with E-state index in [0.717, 1.165) is 12.0 Å². The highest BCUT2D eigenvalue weighted by molar-refractivity contribution is 6.31. The van der Waals surface area contributed by atoms with Gasteiger partial charge in [0, 0.05) is 42.1 Å². The Morgan fingerprint density at radius 3 is 2.28 bits per heavy atom. The molecule has 0 unspecified atom stereocenters. The number of ether oxygens (including phenoxy) is 1. The first-order valence-electron chi connectivity index (χ1n) is 7.96. The van der Waals surface area contributed by atoms with Gasteiger partial charge in [0.2, 0.25) is 0 Å². The van der Waals surface area contributed by atoms with Crippen molar-refractivity contribution in [3.63, 3.8) is 0 Å². The van der Waals surface area contributed by atoms with E-state index in [0.29, 0.717) is 35.0 Å². The van der Waals surface area contributed by atoms with Crippen LogP contribution in [0.4, 0.5) is 5.69 Å². The molecule has 0 bridgehead atoms. The van der Waals surface area contributed by atoms with Crippen molar-refractivity contribution in [1.29, 1.82) is 0 Å². The highest BCUT2D eigenvalue weighted by atomic mass is 35.5. The van der Waals surface area contributed by atoms with Crippen LogP contribution < -0.4 is 10.6 Å². The van der Waals surface area contributed by atoms with Gasteiger partial charge in [-0.3, -0.25) is 9.59 Å². The van der Waals surface area contributed by atoms with Gasteiger partial charge in [0.05, 0.1) is 0 Å². The average molecular weight is 361 g/mol. The number of halogens is 1. The van der Waals surface area contributed by atoms with Crippen LogP contribution in [0.5, 0.6) is 0 Å². The second kappa shape index (κ2) is 9.20. The largest absolute Gasteiger partial charge is 0.385 e. The second-order valence-electron chi connectivity index (χ2n) is 5.60. The predicted octanol–water partition coefficient (Wildman–Crippen LogP) is 3.67. The minimum Gasteiger partial charge on any atom is -0.385 e. The first-order valence-corrected chi connectivity index (χ1v) is 8.34. The lowest BCUT2D eigenvalue weighted by Crippen LogP contribution is -2.25. The van der Waals surface area contributed by atoms with Crippen LogP contribution in [-0.4, -0.2) is 32.1 Å². The van der Waals surface area contributed by atoms with E-state index in [2.05, 4.69) is 10.6 Å². The predicted molar refractivity (Wildman–Crippen MR) is 99.4 cm³/mol. The minimum atomic E-state index is -0.257. The van der Waals surface area contributed by atoms with Gasteiger partial charge in [0.1, 0.15) is 0 Å². The Morgan fingerprint density at radius 2 is 1.68 bits per heavy atom. The molecule has 0 aliphatic rings. The molecule has 2 N–H and O–H groups in total. The fourth-order valence-corrected chi connectivity index (χ4v) is 2.35. The first kappa shape index (κ1) is 19.0. The number of hydrogen-bond donors (Lipinski definition) is 2. The maximum Gasteiger partial charge on any atom is 0.255 e. The van der Waals surface area contributed by atoms with Crippen molar-refractivity contribution in [3.8, 4) is 0 Å². The third kappa shape index (κ3) is 5.59. The number of carbonyl (C=O) groups excluding carboxylic acids is 2. The Morgan fingerprint density at radius 1 is 1.04 bits per heavy atom. The molecule has 132 valence electrons. The van der Waals surface area contributed by atoms with Gasteiger partial charge in [0.15, 0.2) is 0 Å². The summed E-state index contributed by atoms with van der Waals surface area (Å²) in [4.78, 5) is 24.2. The normalized spacial score (nSPS) is 10.4. The molecule has 0 aliphatic carbocycles. The monoisotopic (exact) mass is 360 g/mol. The number of methoxy groups -OCH3 is 1. The molecule has 2 amide bonds. The maximum atomic E-state index is 12.3. The lowest BCUT2D eigenvalue weighted by atomic mass is 10.1. The van der Waals surface area contributed by atoms with Gasteiger partial charge in [-0.15, -0.1) is 0 Å². The van der Waals surface area contributed by atoms with Crippen molar-refractivity contribution in [2.75, 3.05) is 25.6 Å². The fraction of sp³-hybridized carbons (Fsp3) is 0.263. The number of aryl methyl sites for hydroxylation is 1. The molecule has 0 heterocycles. The number of anilines is 1. The SMILES string of the molecule is COCCCNC(=O)c1ccc(C(=O)Nc2ccc(C)c(Cl)c2)cc1. The zero-order valence-corrected chi connectivity index (χ0v) is 15.0. The van der Waals surface area contributed by atoms with E-state index >= 15 is 0 Å². The minimum absolute atomic E-state index is 0.173. The molecular formula is C19H21ClN2O3. The summed E-state index contributed by atoms with van der Waals surface area (Å²) in [6.07, 6.45) is 0.752. The zero-order chi connectivity index (χ0) is 18.2. The molecule has 2 aromatic carbocycles. The van der Waals surface area contributed by atoms with E-state index in [9.17, 15) is 9.59 Å². The lowest BCUT2D eigenvalue weighted by molar-refractivity contribution is 0.0947. The van der Waals surface area contributed by atoms with Crippen LogP contribution in [0.2, 0.25) is 5.02 Å². The standard InChI is InChI=1S/C19H21ClN2O3/c1-13-4-9-16(12-17(13)20)22-19(24)15-7-5-14(6-8-15)18(23)21-10-3-11-25-2/h4-9,12H,3,10-11H2,1-2H3,(H,21,23)(H,22,24). The van der Waals surface area contributed by atoms with E-state index in [4.69, 9.17) is 16.3 Å². The molecule has 0 saturated carbocycles. The third-order valence-corrected chi connectivity index (χ3v) is 4.06. The topological polar surface area (TPSA) is 67.4 Å². The summed E-state index contributed by atoms with van der Waals surface area (Å²) < 4.78 is 4.93. The number of rotatable bonds is 7. The summed E-state index contributed by atoms with van der Waals surface area (Å²) in [5.74, 6) is -0.430. The molecule has 5 nitrogen and oxygen atoms in total. The van der Waals surface area contributed by atoms with Gasteiger partial charge < -0.3 is 15.4 Å². The highest BCUT2D eigenvalue weighted by Crippen LogP contribution is 2.20. The maximum absolute atomic E-state index is 12.3. The van der Waals surface area contributed by atoms with Crippen LogP contribution in [0.25, 0.3) is 0 Å². The molecule has 0 aliphatic heterocycles. The first-order chi connectivity index (χ1) is 12.0. The Balaban J connectivity index is 1.95. The fourth-order valence-electron chi connectivity index (χ4n) is 2.17. The Labute approximate surface area is 152 Å². The van der Waals surface area contributed by atoms with E-state index < -0.39 is 0 Å². The van der Waals surface area contributed by atoms with Crippen molar-refractivity contribution in [2.45, 2.75) is 13.3 Å². The van der Waals surface area contributed by atoms with Crippen LogP contribution in [0.15, 0.2) is 42.5 Å². The smallest absolute Gasteiger partial charge is 0.255 e. The quantitative estimate of drug-likeness (QED) is 0.740. The molecule has 0 spiro atoms. The number of carbonyl (C=O) groups is 2. The Bertz CT molecular complexity index is 745. The van der Waals surface area contributed by atoms with Crippen molar-refractivity contribution in [2.24, 2.45) is 0 Å². The van der Waals surface area contributed by atoms with Crippen molar-refractivity contribution >= 4 is 29.1 Å². The van der Waals surface area contributed by atoms with E-state index in [1.165, 1.54) is 0 Å². The van der Waals surface area contributed by atoms with Gasteiger partial charge in [-0.05, 0) is 55.3 Å². The van der Waals surface area contributed by atoms with E-state index in [1.54, 1.807) is 43.5 Å². The summed E-state index contributed by atoms with van der Waals surface area (Å²) in [6.45, 7) is 3.04. The molecule has 2 rings (SSSR count). The van der Waals surface area contributed by atoms with Crippen molar-refractivity contribution in [1.82, 2.24) is 5.32 Å². The zero-order valence-electron chi connectivity index (χ0n) is 14.3. The van der Waals surface area contributed by atoms with Crippen LogP contribution in [0.3, 0.4) is 0 Å². The van der Waals surface area contributed by atoms with Gasteiger partial charge in [-0.1, -0.05) is 17.7 Å². The number of benzene rings is 2. The summed E-state index contributed by atoms with van der Waals surface area (Å²) in [5, 5.41) is 6.18. The summed E-state index contributed by atoms with van der Waals surface area (Å²) in [5.41, 5.74) is 2.54. The molecule has 6 heteroatoms. The highest BCUT2D eigenvalue weighted by Gasteiger charge is 2.09. The molecule has 25 heavy (non-hydrogen) atoms. The van der Waals surface area contributed by atoms with Crippen molar-refractivity contribution in [3.05, 3.63) is 64.2 Å². The summed E-state index contributed by atoms with van der Waals surface area (Å²) in [7, 11) is 1.62. The van der Waals surface area contributed by atoms with Gasteiger partial charge in [-0.25, -0.2) is 0 Å². The number of nitrogens with one attached hydrogen (secondary N) is 2. The molecule has 0 radical (unpaired) electrons. The molecule has 0 saturated heterocycles. The Kier molecular flexibility index (Phi) is 6.98. The Hall–Kier alpha value is -2.37. The number of hydrogen-bond acceptors (Lipinski definition) is 3. The van der Waals surface area contributed by atoms with Crippen molar-refractivity contribution < 1.29 is 14.3 Å². The second-order valence-corrected chi connectivity index (χ2v) is 6.00. The molecule has 2 aromatic rings. The van der Waals surface area contributed by atoms with Gasteiger partial charge >= 0.3 is 0 Å². The van der Waals surface area contributed by atoms with Crippen LogP contribution >= 0.6 is 11.6 Å². The van der Waals surface area contributed by atoms with Crippen LogP contribution in [0.1, 0.15) is 32.7 Å². The summed E-state index contributed by atoms with van der Waals surface area (Å²) >= 11 is 6.06. The molecule has 0 aromatic heterocycles. The van der Waals surface area contributed by atoms with E-state index in [1.807, 2.05) is 13.0 Å². The van der Waals surface area contributed by atoms with Gasteiger partial charge in [0.25, 0.3) is 11.8 Å². The van der Waals surface area contributed by atoms with E-state index in [-0.39, 0.29) is 11.8 Å². The molecule has 0 atom stereocenters. The third-order valence-electron chi connectivity index (χ3n) is 3.65. The lowest BCUT2D eigenvalue weighted by Gasteiger charge is -2.08. The molecule has 0 fully saturated rings. The number of amides is 2. The van der Waals surface area contributed by atoms with Gasteiger partial charge in [-0.2, -0.15) is 0 Å². The van der Waals surface area contributed by atoms with Crippen LogP contribution in [0, 0.1) is 6.92 Å². The average Bonchev–Trinajstić information content (AvgIpc) is 2.62.